The van der Waals surface area contributed by atoms with E-state index in [9.17, 15) is 9.59 Å². The summed E-state index contributed by atoms with van der Waals surface area (Å²) in [5, 5.41) is 6.23. The molecule has 0 bridgehead atoms. The fourth-order valence-corrected chi connectivity index (χ4v) is 2.76. The molecule has 4 rings (SSSR count). The van der Waals surface area contributed by atoms with E-state index in [0.29, 0.717) is 18.3 Å². The van der Waals surface area contributed by atoms with E-state index in [0.717, 1.165) is 23.3 Å². The average Bonchev–Trinajstić information content (AvgIpc) is 3.19. The van der Waals surface area contributed by atoms with E-state index >= 15 is 0 Å². The van der Waals surface area contributed by atoms with E-state index in [-0.39, 0.29) is 24.7 Å². The van der Waals surface area contributed by atoms with Crippen molar-refractivity contribution in [1.29, 1.82) is 0 Å². The Kier molecular flexibility index (Phi) is 2.92. The first-order valence-corrected chi connectivity index (χ1v) is 7.11. The summed E-state index contributed by atoms with van der Waals surface area (Å²) in [4.78, 5) is 27.1. The first-order chi connectivity index (χ1) is 10.7. The van der Waals surface area contributed by atoms with Gasteiger partial charge in [-0.2, -0.15) is 4.98 Å². The van der Waals surface area contributed by atoms with Crippen LogP contribution >= 0.6 is 0 Å². The first-order valence-electron chi connectivity index (χ1n) is 7.11. The second-order valence-electron chi connectivity index (χ2n) is 5.45. The number of carbonyl (C=O) groups is 2. The highest BCUT2D eigenvalue weighted by atomic mass is 16.5. The summed E-state index contributed by atoms with van der Waals surface area (Å²) < 4.78 is 10.7. The summed E-state index contributed by atoms with van der Waals surface area (Å²) in [5.74, 6) is 0.784. The fourth-order valence-electron chi connectivity index (χ4n) is 2.76. The van der Waals surface area contributed by atoms with E-state index in [4.69, 9.17) is 9.26 Å². The van der Waals surface area contributed by atoms with Gasteiger partial charge in [0.2, 0.25) is 23.5 Å². The molecule has 1 saturated heterocycles. The van der Waals surface area contributed by atoms with Gasteiger partial charge in [-0.05, 0) is 23.8 Å². The van der Waals surface area contributed by atoms with Gasteiger partial charge >= 0.3 is 0 Å². The van der Waals surface area contributed by atoms with Crippen molar-refractivity contribution in [1.82, 2.24) is 15.5 Å². The summed E-state index contributed by atoms with van der Waals surface area (Å²) in [5.41, 5.74) is 1.98. The number of ether oxygens (including phenoxy) is 1. The molecule has 0 radical (unpaired) electrons. The quantitative estimate of drug-likeness (QED) is 0.845. The van der Waals surface area contributed by atoms with Crippen LogP contribution in [0, 0.1) is 5.92 Å². The molecular formula is C15H13N3O4. The number of rotatable bonds is 3. The maximum atomic E-state index is 11.6. The third-order valence-electron chi connectivity index (χ3n) is 3.90. The molecule has 2 aliphatic heterocycles. The maximum Gasteiger partial charge on any atom is 0.230 e. The van der Waals surface area contributed by atoms with Gasteiger partial charge in [-0.25, -0.2) is 0 Å². The first kappa shape index (κ1) is 13.0. The van der Waals surface area contributed by atoms with Crippen LogP contribution in [0.2, 0.25) is 0 Å². The van der Waals surface area contributed by atoms with Gasteiger partial charge < -0.3 is 9.26 Å². The lowest BCUT2D eigenvalue weighted by molar-refractivity contribution is -0.125. The van der Waals surface area contributed by atoms with Crippen molar-refractivity contribution in [3.8, 4) is 17.1 Å². The Morgan fingerprint density at radius 2 is 2.23 bits per heavy atom. The molecule has 2 aliphatic rings. The number of carbonyl (C=O) groups excluding carboxylic acids is 2. The van der Waals surface area contributed by atoms with E-state index in [1.54, 1.807) is 0 Å². The number of hydrogen-bond donors (Lipinski definition) is 1. The molecule has 112 valence electrons. The lowest BCUT2D eigenvalue weighted by Gasteiger charge is -2.00. The predicted molar refractivity (Wildman–Crippen MR) is 73.9 cm³/mol. The molecule has 1 aromatic heterocycles. The number of benzene rings is 1. The highest BCUT2D eigenvalue weighted by Gasteiger charge is 2.32. The number of nitrogens with one attached hydrogen (secondary N) is 1. The summed E-state index contributed by atoms with van der Waals surface area (Å²) in [6.45, 7) is 0.696. The third kappa shape index (κ3) is 2.24. The number of aromatic nitrogens is 2. The van der Waals surface area contributed by atoms with Crippen LogP contribution in [-0.2, 0) is 22.4 Å². The summed E-state index contributed by atoms with van der Waals surface area (Å²) in [7, 11) is 0. The minimum atomic E-state index is -0.422. The second-order valence-corrected chi connectivity index (χ2v) is 5.45. The molecule has 1 aromatic carbocycles. The van der Waals surface area contributed by atoms with Gasteiger partial charge in [0.25, 0.3) is 0 Å². The van der Waals surface area contributed by atoms with Crippen LogP contribution in [-0.4, -0.2) is 28.6 Å². The van der Waals surface area contributed by atoms with Crippen LogP contribution in [0.4, 0.5) is 0 Å². The van der Waals surface area contributed by atoms with Gasteiger partial charge in [-0.15, -0.1) is 0 Å². The smallest absolute Gasteiger partial charge is 0.230 e. The van der Waals surface area contributed by atoms with Crippen molar-refractivity contribution in [2.75, 3.05) is 6.61 Å². The number of hydrogen-bond acceptors (Lipinski definition) is 6. The van der Waals surface area contributed by atoms with Gasteiger partial charge in [0.15, 0.2) is 0 Å². The largest absolute Gasteiger partial charge is 0.493 e. The molecule has 22 heavy (non-hydrogen) atoms. The molecule has 1 unspecified atom stereocenters. The summed E-state index contributed by atoms with van der Waals surface area (Å²) in [6, 6.07) is 5.77. The molecular weight excluding hydrogens is 286 g/mol. The Labute approximate surface area is 125 Å². The molecule has 1 fully saturated rings. The lowest BCUT2D eigenvalue weighted by Crippen LogP contribution is -2.22. The molecule has 0 saturated carbocycles. The van der Waals surface area contributed by atoms with Crippen LogP contribution in [0.3, 0.4) is 0 Å². The van der Waals surface area contributed by atoms with Gasteiger partial charge in [-0.1, -0.05) is 5.16 Å². The standard InChI is InChI=1S/C15H13N3O4/c19-12-6-10(15(20)16-12)7-13-17-14(18-22-13)9-1-2-11-8(5-9)3-4-21-11/h1-2,5,10H,3-4,6-7H2,(H,16,19,20). The summed E-state index contributed by atoms with van der Waals surface area (Å²) >= 11 is 0. The zero-order valence-electron chi connectivity index (χ0n) is 11.7. The molecule has 1 atom stereocenters. The zero-order chi connectivity index (χ0) is 15.1. The van der Waals surface area contributed by atoms with E-state index in [1.165, 1.54) is 0 Å². The van der Waals surface area contributed by atoms with E-state index < -0.39 is 5.92 Å². The monoisotopic (exact) mass is 299 g/mol. The molecule has 2 amide bonds. The normalized spacial score (nSPS) is 19.9. The van der Waals surface area contributed by atoms with Crippen molar-refractivity contribution in [3.05, 3.63) is 29.7 Å². The van der Waals surface area contributed by atoms with Crippen LogP contribution in [0.25, 0.3) is 11.4 Å². The molecule has 1 N–H and O–H groups in total. The molecule has 7 nitrogen and oxygen atoms in total. The molecule has 7 heteroatoms. The van der Waals surface area contributed by atoms with E-state index in [1.807, 2.05) is 18.2 Å². The SMILES string of the molecule is O=C1CC(Cc2nc(-c3ccc4c(c3)CCO4)no2)C(=O)N1. The molecule has 0 aliphatic carbocycles. The second kappa shape index (κ2) is 4.94. The lowest BCUT2D eigenvalue weighted by atomic mass is 10.0. The van der Waals surface area contributed by atoms with E-state index in [2.05, 4.69) is 15.5 Å². The number of nitrogens with zero attached hydrogens (tertiary/aromatic N) is 2. The van der Waals surface area contributed by atoms with Crippen LogP contribution in [0.1, 0.15) is 17.9 Å². The van der Waals surface area contributed by atoms with Crippen molar-refractivity contribution < 1.29 is 18.8 Å². The van der Waals surface area contributed by atoms with Crippen molar-refractivity contribution >= 4 is 11.8 Å². The van der Waals surface area contributed by atoms with Crippen LogP contribution in [0.15, 0.2) is 22.7 Å². The average molecular weight is 299 g/mol. The zero-order valence-corrected chi connectivity index (χ0v) is 11.7. The third-order valence-corrected chi connectivity index (χ3v) is 3.90. The Hall–Kier alpha value is -2.70. The highest BCUT2D eigenvalue weighted by molar-refractivity contribution is 6.03. The number of imide groups is 1. The van der Waals surface area contributed by atoms with Gasteiger partial charge in [-0.3, -0.25) is 14.9 Å². The van der Waals surface area contributed by atoms with Gasteiger partial charge in [0, 0.05) is 24.8 Å². The topological polar surface area (TPSA) is 94.3 Å². The van der Waals surface area contributed by atoms with Crippen molar-refractivity contribution in [3.63, 3.8) is 0 Å². The Morgan fingerprint density at radius 3 is 3.05 bits per heavy atom. The Balaban J connectivity index is 1.54. The minimum absolute atomic E-state index is 0.173. The molecule has 0 spiro atoms. The highest BCUT2D eigenvalue weighted by Crippen LogP contribution is 2.29. The minimum Gasteiger partial charge on any atom is -0.493 e. The molecule has 2 aromatic rings. The maximum absolute atomic E-state index is 11.6. The van der Waals surface area contributed by atoms with Crippen LogP contribution in [0.5, 0.6) is 5.75 Å². The van der Waals surface area contributed by atoms with Crippen molar-refractivity contribution in [2.45, 2.75) is 19.3 Å². The van der Waals surface area contributed by atoms with Gasteiger partial charge in [0.05, 0.1) is 12.5 Å². The van der Waals surface area contributed by atoms with Crippen molar-refractivity contribution in [2.24, 2.45) is 5.92 Å². The fraction of sp³-hybridized carbons (Fsp3) is 0.333. The number of amides is 2. The Bertz CT molecular complexity index is 768. The predicted octanol–water partition coefficient (Wildman–Crippen LogP) is 0.877. The van der Waals surface area contributed by atoms with Gasteiger partial charge in [0.1, 0.15) is 5.75 Å². The van der Waals surface area contributed by atoms with Crippen LogP contribution < -0.4 is 10.1 Å². The Morgan fingerprint density at radius 1 is 1.32 bits per heavy atom. The molecule has 3 heterocycles. The summed E-state index contributed by atoms with van der Waals surface area (Å²) in [6.07, 6.45) is 1.32. The number of fused-ring (bicyclic) bond motifs is 1.